The summed E-state index contributed by atoms with van der Waals surface area (Å²) >= 11 is 0. The van der Waals surface area contributed by atoms with Gasteiger partial charge in [0.2, 0.25) is 0 Å². The van der Waals surface area contributed by atoms with Gasteiger partial charge in [-0.15, -0.1) is 0 Å². The number of ether oxygens (including phenoxy) is 1. The highest BCUT2D eigenvalue weighted by Crippen LogP contribution is 2.30. The molecule has 0 unspecified atom stereocenters. The molecule has 4 nitrogen and oxygen atoms in total. The van der Waals surface area contributed by atoms with Gasteiger partial charge >= 0.3 is 5.97 Å². The van der Waals surface area contributed by atoms with E-state index in [0.717, 1.165) is 31.6 Å². The number of benzene rings is 1. The smallest absolute Gasteiger partial charge is 0.340 e. The average molecular weight is 248 g/mol. The van der Waals surface area contributed by atoms with Crippen molar-refractivity contribution in [3.8, 4) is 0 Å². The van der Waals surface area contributed by atoms with Crippen molar-refractivity contribution in [2.45, 2.75) is 33.4 Å². The van der Waals surface area contributed by atoms with Gasteiger partial charge in [0.25, 0.3) is 0 Å². The van der Waals surface area contributed by atoms with E-state index in [1.807, 2.05) is 6.07 Å². The lowest BCUT2D eigenvalue weighted by molar-refractivity contribution is 0.0527. The van der Waals surface area contributed by atoms with Gasteiger partial charge in [-0.05, 0) is 37.1 Å². The van der Waals surface area contributed by atoms with Gasteiger partial charge in [0, 0.05) is 13.1 Å². The van der Waals surface area contributed by atoms with Crippen molar-refractivity contribution >= 4 is 11.7 Å². The maximum atomic E-state index is 11.8. The molecule has 0 saturated heterocycles. The average Bonchev–Trinajstić information content (AvgIpc) is 2.74. The van der Waals surface area contributed by atoms with E-state index in [9.17, 15) is 4.79 Å². The van der Waals surface area contributed by atoms with E-state index in [2.05, 4.69) is 11.8 Å². The molecule has 0 bridgehead atoms. The minimum Gasteiger partial charge on any atom is -0.462 e. The van der Waals surface area contributed by atoms with Crippen LogP contribution in [0.4, 0.5) is 5.69 Å². The third kappa shape index (κ3) is 2.34. The summed E-state index contributed by atoms with van der Waals surface area (Å²) in [6.07, 6.45) is 1.12. The molecule has 4 heteroatoms. The lowest BCUT2D eigenvalue weighted by atomic mass is 10.0. The third-order valence-electron chi connectivity index (χ3n) is 3.26. The second-order valence-electron chi connectivity index (χ2n) is 4.60. The predicted molar refractivity (Wildman–Crippen MR) is 71.2 cm³/mol. The van der Waals surface area contributed by atoms with E-state index < -0.39 is 0 Å². The minimum atomic E-state index is -0.327. The van der Waals surface area contributed by atoms with Crippen molar-refractivity contribution < 1.29 is 9.53 Å². The fraction of sp³-hybridized carbons (Fsp3) is 0.500. The van der Waals surface area contributed by atoms with Crippen LogP contribution in [0.2, 0.25) is 0 Å². The molecule has 1 aliphatic rings. The number of hydrogen-bond donors (Lipinski definition) is 1. The van der Waals surface area contributed by atoms with Gasteiger partial charge in [-0.1, -0.05) is 13.0 Å². The zero-order valence-corrected chi connectivity index (χ0v) is 11.0. The molecule has 0 aliphatic carbocycles. The molecule has 2 rings (SSSR count). The van der Waals surface area contributed by atoms with Gasteiger partial charge in [0.05, 0.1) is 17.9 Å². The molecule has 0 atom stereocenters. The SMILES string of the molecule is CCCN1Cc2ccc(C(=O)OCC)c(N)c2C1. The van der Waals surface area contributed by atoms with Crippen LogP contribution in [0.5, 0.6) is 0 Å². The van der Waals surface area contributed by atoms with Crippen molar-refractivity contribution in [3.63, 3.8) is 0 Å². The number of esters is 1. The highest BCUT2D eigenvalue weighted by Gasteiger charge is 2.24. The molecule has 0 radical (unpaired) electrons. The Morgan fingerprint density at radius 2 is 2.17 bits per heavy atom. The Hall–Kier alpha value is -1.55. The number of nitrogen functional groups attached to an aromatic ring is 1. The quantitative estimate of drug-likeness (QED) is 0.655. The standard InChI is InChI=1S/C14H20N2O2/c1-3-7-16-8-10-5-6-11(14(17)18-4-2)13(15)12(10)9-16/h5-6H,3-4,7-9,15H2,1-2H3. The summed E-state index contributed by atoms with van der Waals surface area (Å²) in [5, 5.41) is 0. The summed E-state index contributed by atoms with van der Waals surface area (Å²) in [5.41, 5.74) is 9.50. The number of nitrogens with zero attached hydrogens (tertiary/aromatic N) is 1. The molecule has 1 aromatic carbocycles. The zero-order chi connectivity index (χ0) is 13.1. The molecule has 98 valence electrons. The second-order valence-corrected chi connectivity index (χ2v) is 4.60. The first-order valence-corrected chi connectivity index (χ1v) is 6.47. The van der Waals surface area contributed by atoms with Crippen molar-refractivity contribution in [1.82, 2.24) is 4.90 Å². The molecule has 1 heterocycles. The van der Waals surface area contributed by atoms with E-state index in [0.29, 0.717) is 17.9 Å². The number of fused-ring (bicyclic) bond motifs is 1. The van der Waals surface area contributed by atoms with Gasteiger partial charge in [0.15, 0.2) is 0 Å². The first-order valence-electron chi connectivity index (χ1n) is 6.47. The Labute approximate surface area is 108 Å². The molecule has 0 saturated carbocycles. The van der Waals surface area contributed by atoms with Gasteiger partial charge < -0.3 is 10.5 Å². The maximum absolute atomic E-state index is 11.8. The Kier molecular flexibility index (Phi) is 3.87. The van der Waals surface area contributed by atoms with E-state index in [-0.39, 0.29) is 5.97 Å². The lowest BCUT2D eigenvalue weighted by Gasteiger charge is -2.12. The lowest BCUT2D eigenvalue weighted by Crippen LogP contribution is -2.17. The van der Waals surface area contributed by atoms with Crippen LogP contribution in [-0.4, -0.2) is 24.0 Å². The summed E-state index contributed by atoms with van der Waals surface area (Å²) < 4.78 is 5.01. The first kappa shape index (κ1) is 12.9. The summed E-state index contributed by atoms with van der Waals surface area (Å²) in [7, 11) is 0. The Balaban J connectivity index is 2.25. The molecule has 0 amide bonds. The van der Waals surface area contributed by atoms with Crippen LogP contribution in [0.15, 0.2) is 12.1 Å². The highest BCUT2D eigenvalue weighted by atomic mass is 16.5. The van der Waals surface area contributed by atoms with Gasteiger partial charge in [-0.25, -0.2) is 4.79 Å². The molecule has 1 aromatic rings. The van der Waals surface area contributed by atoms with Crippen LogP contribution in [0, 0.1) is 0 Å². The van der Waals surface area contributed by atoms with E-state index in [4.69, 9.17) is 10.5 Å². The van der Waals surface area contributed by atoms with Gasteiger partial charge in [-0.2, -0.15) is 0 Å². The second kappa shape index (κ2) is 5.40. The number of anilines is 1. The fourth-order valence-electron chi connectivity index (χ4n) is 2.43. The molecule has 0 spiro atoms. The summed E-state index contributed by atoms with van der Waals surface area (Å²) in [5.74, 6) is -0.327. The summed E-state index contributed by atoms with van der Waals surface area (Å²) in [6.45, 7) is 7.15. The Bertz CT molecular complexity index is 457. The van der Waals surface area contributed by atoms with Gasteiger partial charge in [0.1, 0.15) is 0 Å². The third-order valence-corrected chi connectivity index (χ3v) is 3.26. The number of rotatable bonds is 4. The molecular formula is C14H20N2O2. The monoisotopic (exact) mass is 248 g/mol. The van der Waals surface area contributed by atoms with Crippen molar-refractivity contribution in [2.24, 2.45) is 0 Å². The largest absolute Gasteiger partial charge is 0.462 e. The molecule has 0 fully saturated rings. The molecule has 18 heavy (non-hydrogen) atoms. The molecule has 0 aromatic heterocycles. The number of carbonyl (C=O) groups excluding carboxylic acids is 1. The number of nitrogens with two attached hydrogens (primary N) is 1. The molecule has 2 N–H and O–H groups in total. The predicted octanol–water partition coefficient (Wildman–Crippen LogP) is 2.17. The van der Waals surface area contributed by atoms with Gasteiger partial charge in [-0.3, -0.25) is 4.90 Å². The fourth-order valence-corrected chi connectivity index (χ4v) is 2.43. The number of carbonyl (C=O) groups is 1. The van der Waals surface area contributed by atoms with E-state index >= 15 is 0 Å². The van der Waals surface area contributed by atoms with E-state index in [1.54, 1.807) is 13.0 Å². The highest BCUT2D eigenvalue weighted by molar-refractivity contribution is 5.96. The zero-order valence-electron chi connectivity index (χ0n) is 11.0. The van der Waals surface area contributed by atoms with Crippen LogP contribution in [0.3, 0.4) is 0 Å². The van der Waals surface area contributed by atoms with Crippen molar-refractivity contribution in [3.05, 3.63) is 28.8 Å². The summed E-state index contributed by atoms with van der Waals surface area (Å²) in [4.78, 5) is 14.1. The maximum Gasteiger partial charge on any atom is 0.340 e. The minimum absolute atomic E-state index is 0.327. The molecular weight excluding hydrogens is 228 g/mol. The van der Waals surface area contributed by atoms with Crippen molar-refractivity contribution in [1.29, 1.82) is 0 Å². The summed E-state index contributed by atoms with van der Waals surface area (Å²) in [6, 6.07) is 3.77. The van der Waals surface area contributed by atoms with Crippen LogP contribution < -0.4 is 5.73 Å². The Morgan fingerprint density at radius 1 is 1.39 bits per heavy atom. The van der Waals surface area contributed by atoms with Crippen LogP contribution in [-0.2, 0) is 17.8 Å². The van der Waals surface area contributed by atoms with Crippen molar-refractivity contribution in [2.75, 3.05) is 18.9 Å². The van der Waals surface area contributed by atoms with Crippen LogP contribution in [0.25, 0.3) is 0 Å². The Morgan fingerprint density at radius 3 is 2.83 bits per heavy atom. The van der Waals surface area contributed by atoms with E-state index in [1.165, 1.54) is 5.56 Å². The molecule has 1 aliphatic heterocycles. The topological polar surface area (TPSA) is 55.6 Å². The van der Waals surface area contributed by atoms with Crippen LogP contribution >= 0.6 is 0 Å². The first-order chi connectivity index (χ1) is 8.67. The normalized spacial score (nSPS) is 14.6. The van der Waals surface area contributed by atoms with Crippen LogP contribution in [0.1, 0.15) is 41.8 Å². The number of hydrogen-bond acceptors (Lipinski definition) is 4.